The normalized spacial score (nSPS) is 10.6. The molecule has 4 nitrogen and oxygen atoms in total. The third-order valence-corrected chi connectivity index (χ3v) is 3.14. The first-order valence-corrected chi connectivity index (χ1v) is 6.97. The van der Waals surface area contributed by atoms with Crippen molar-refractivity contribution in [1.82, 2.24) is 0 Å². The van der Waals surface area contributed by atoms with Crippen LogP contribution in [0, 0.1) is 0 Å². The van der Waals surface area contributed by atoms with Crippen LogP contribution in [-0.2, 0) is 9.53 Å². The van der Waals surface area contributed by atoms with Gasteiger partial charge in [-0.1, -0.05) is 18.2 Å². The quantitative estimate of drug-likeness (QED) is 0.676. The maximum absolute atomic E-state index is 11.5. The second kappa shape index (κ2) is 7.31. The van der Waals surface area contributed by atoms with Crippen LogP contribution >= 0.6 is 0 Å². The highest BCUT2D eigenvalue weighted by molar-refractivity contribution is 5.90. The third-order valence-electron chi connectivity index (χ3n) is 3.14. The smallest absolute Gasteiger partial charge is 0.330 e. The van der Waals surface area contributed by atoms with Gasteiger partial charge in [-0.3, -0.25) is 0 Å². The van der Waals surface area contributed by atoms with Gasteiger partial charge >= 0.3 is 5.97 Å². The van der Waals surface area contributed by atoms with Gasteiger partial charge < -0.3 is 14.6 Å². The monoisotopic (exact) mass is 298 g/mol. The lowest BCUT2D eigenvalue weighted by atomic mass is 9.98. The van der Waals surface area contributed by atoms with E-state index in [0.29, 0.717) is 17.9 Å². The minimum absolute atomic E-state index is 0.179. The van der Waals surface area contributed by atoms with Crippen molar-refractivity contribution >= 4 is 12.0 Å². The SMILES string of the molecule is CCOC(=O)/C=C/c1cc(OC)ccc1-c1ccccc1O. The molecule has 0 radical (unpaired) electrons. The van der Waals surface area contributed by atoms with Crippen LogP contribution in [0.3, 0.4) is 0 Å². The average molecular weight is 298 g/mol. The summed E-state index contributed by atoms with van der Waals surface area (Å²) in [7, 11) is 1.58. The van der Waals surface area contributed by atoms with Crippen molar-refractivity contribution in [2.75, 3.05) is 13.7 Å². The Bertz CT molecular complexity index is 689. The van der Waals surface area contributed by atoms with Crippen molar-refractivity contribution in [3.63, 3.8) is 0 Å². The Kier molecular flexibility index (Phi) is 5.20. The van der Waals surface area contributed by atoms with Crippen LogP contribution in [0.15, 0.2) is 48.5 Å². The maximum Gasteiger partial charge on any atom is 0.330 e. The number of rotatable bonds is 5. The summed E-state index contributed by atoms with van der Waals surface area (Å²) in [6.45, 7) is 2.08. The van der Waals surface area contributed by atoms with Crippen molar-refractivity contribution in [3.8, 4) is 22.6 Å². The first-order chi connectivity index (χ1) is 10.7. The fourth-order valence-corrected chi connectivity index (χ4v) is 2.10. The van der Waals surface area contributed by atoms with Crippen molar-refractivity contribution < 1.29 is 19.4 Å². The fraction of sp³-hybridized carbons (Fsp3) is 0.167. The lowest BCUT2D eigenvalue weighted by Gasteiger charge is -2.10. The zero-order valence-corrected chi connectivity index (χ0v) is 12.6. The molecule has 114 valence electrons. The Morgan fingerprint density at radius 3 is 2.64 bits per heavy atom. The lowest BCUT2D eigenvalue weighted by molar-refractivity contribution is -0.137. The summed E-state index contributed by atoms with van der Waals surface area (Å²) in [6.07, 6.45) is 3.02. The van der Waals surface area contributed by atoms with Crippen molar-refractivity contribution in [2.45, 2.75) is 6.92 Å². The highest BCUT2D eigenvalue weighted by atomic mass is 16.5. The molecule has 2 aromatic carbocycles. The second-order valence-corrected chi connectivity index (χ2v) is 4.56. The molecule has 0 aromatic heterocycles. The van der Waals surface area contributed by atoms with Crippen LogP contribution in [0.4, 0.5) is 0 Å². The van der Waals surface area contributed by atoms with Crippen molar-refractivity contribution in [1.29, 1.82) is 0 Å². The number of phenols is 1. The zero-order valence-electron chi connectivity index (χ0n) is 12.6. The number of phenolic OH excluding ortho intramolecular Hbond substituents is 1. The fourth-order valence-electron chi connectivity index (χ4n) is 2.10. The van der Waals surface area contributed by atoms with E-state index in [9.17, 15) is 9.90 Å². The van der Waals surface area contributed by atoms with E-state index < -0.39 is 5.97 Å². The Balaban J connectivity index is 2.46. The van der Waals surface area contributed by atoms with E-state index >= 15 is 0 Å². The molecule has 0 aliphatic carbocycles. The number of carbonyl (C=O) groups is 1. The van der Waals surface area contributed by atoms with Gasteiger partial charge in [-0.05, 0) is 48.4 Å². The van der Waals surface area contributed by atoms with Crippen LogP contribution < -0.4 is 4.74 Å². The van der Waals surface area contributed by atoms with Crippen LogP contribution in [-0.4, -0.2) is 24.8 Å². The number of carbonyl (C=O) groups excluding carboxylic acids is 1. The number of benzene rings is 2. The number of esters is 1. The number of hydrogen-bond donors (Lipinski definition) is 1. The first-order valence-electron chi connectivity index (χ1n) is 6.97. The number of methoxy groups -OCH3 is 1. The Hall–Kier alpha value is -2.75. The molecule has 0 saturated carbocycles. The van der Waals surface area contributed by atoms with Gasteiger partial charge in [-0.15, -0.1) is 0 Å². The Labute approximate surface area is 129 Å². The summed E-state index contributed by atoms with van der Waals surface area (Å²) in [4.78, 5) is 11.5. The Morgan fingerprint density at radius 2 is 1.95 bits per heavy atom. The van der Waals surface area contributed by atoms with E-state index in [4.69, 9.17) is 9.47 Å². The molecule has 2 rings (SSSR count). The molecule has 0 aliphatic rings. The summed E-state index contributed by atoms with van der Waals surface area (Å²) >= 11 is 0. The van der Waals surface area contributed by atoms with Crippen molar-refractivity contribution in [3.05, 3.63) is 54.1 Å². The topological polar surface area (TPSA) is 55.8 Å². The van der Waals surface area contributed by atoms with Gasteiger partial charge in [0.2, 0.25) is 0 Å². The first kappa shape index (κ1) is 15.6. The summed E-state index contributed by atoms with van der Waals surface area (Å²) in [5, 5.41) is 10.0. The van der Waals surface area contributed by atoms with Gasteiger partial charge in [0.25, 0.3) is 0 Å². The minimum Gasteiger partial charge on any atom is -0.507 e. The van der Waals surface area contributed by atoms with E-state index in [2.05, 4.69) is 0 Å². The molecule has 4 heteroatoms. The molecule has 0 spiro atoms. The number of para-hydroxylation sites is 1. The number of aromatic hydroxyl groups is 1. The molecular formula is C18H18O4. The molecule has 2 aromatic rings. The van der Waals surface area contributed by atoms with E-state index in [-0.39, 0.29) is 5.75 Å². The molecule has 0 amide bonds. The highest BCUT2D eigenvalue weighted by Gasteiger charge is 2.09. The Morgan fingerprint density at radius 1 is 1.18 bits per heavy atom. The third kappa shape index (κ3) is 3.67. The molecular weight excluding hydrogens is 280 g/mol. The lowest BCUT2D eigenvalue weighted by Crippen LogP contribution is -1.98. The highest BCUT2D eigenvalue weighted by Crippen LogP contribution is 2.33. The predicted octanol–water partition coefficient (Wildman–Crippen LogP) is 3.64. The molecule has 0 saturated heterocycles. The van der Waals surface area contributed by atoms with Gasteiger partial charge in [0.1, 0.15) is 11.5 Å². The van der Waals surface area contributed by atoms with E-state index in [1.807, 2.05) is 24.3 Å². The van der Waals surface area contributed by atoms with Gasteiger partial charge in [0.05, 0.1) is 13.7 Å². The molecule has 0 unspecified atom stereocenters. The largest absolute Gasteiger partial charge is 0.507 e. The number of hydrogen-bond acceptors (Lipinski definition) is 4. The van der Waals surface area contributed by atoms with Gasteiger partial charge in [-0.25, -0.2) is 4.79 Å². The molecule has 1 N–H and O–H groups in total. The predicted molar refractivity (Wildman–Crippen MR) is 85.8 cm³/mol. The average Bonchev–Trinajstić information content (AvgIpc) is 2.53. The van der Waals surface area contributed by atoms with Crippen LogP contribution in [0.1, 0.15) is 12.5 Å². The molecule has 0 bridgehead atoms. The van der Waals surface area contributed by atoms with Gasteiger partial charge in [-0.2, -0.15) is 0 Å². The van der Waals surface area contributed by atoms with Crippen molar-refractivity contribution in [2.24, 2.45) is 0 Å². The maximum atomic E-state index is 11.5. The molecule has 22 heavy (non-hydrogen) atoms. The zero-order chi connectivity index (χ0) is 15.9. The summed E-state index contributed by atoms with van der Waals surface area (Å²) in [5.41, 5.74) is 2.25. The number of ether oxygens (including phenoxy) is 2. The minimum atomic E-state index is -0.409. The molecule has 0 heterocycles. The second-order valence-electron chi connectivity index (χ2n) is 4.56. The summed E-state index contributed by atoms with van der Waals surface area (Å²) in [6, 6.07) is 12.5. The van der Waals surface area contributed by atoms with E-state index in [1.165, 1.54) is 6.08 Å². The summed E-state index contributed by atoms with van der Waals surface area (Å²) in [5.74, 6) is 0.440. The molecule has 0 fully saturated rings. The van der Waals surface area contributed by atoms with Gasteiger partial charge in [0.15, 0.2) is 0 Å². The molecule has 0 atom stereocenters. The summed E-state index contributed by atoms with van der Waals surface area (Å²) < 4.78 is 10.1. The van der Waals surface area contributed by atoms with Crippen LogP contribution in [0.25, 0.3) is 17.2 Å². The van der Waals surface area contributed by atoms with Crippen LogP contribution in [0.5, 0.6) is 11.5 Å². The van der Waals surface area contributed by atoms with E-state index in [0.717, 1.165) is 11.1 Å². The molecule has 0 aliphatic heterocycles. The standard InChI is InChI=1S/C18H18O4/c1-3-22-18(20)11-8-13-12-14(21-2)9-10-15(13)16-6-4-5-7-17(16)19/h4-12,19H,3H2,1-2H3/b11-8+. The van der Waals surface area contributed by atoms with Crippen LogP contribution in [0.2, 0.25) is 0 Å². The van der Waals surface area contributed by atoms with E-state index in [1.54, 1.807) is 38.3 Å². The van der Waals surface area contributed by atoms with Gasteiger partial charge in [0, 0.05) is 11.6 Å².